The summed E-state index contributed by atoms with van der Waals surface area (Å²) in [5.41, 5.74) is 7.61. The largest absolute Gasteiger partial charge is 0.391 e. The van der Waals surface area contributed by atoms with Gasteiger partial charge < -0.3 is 15.7 Å². The van der Waals surface area contributed by atoms with E-state index in [9.17, 15) is 5.11 Å². The third-order valence-electron chi connectivity index (χ3n) is 2.38. The summed E-state index contributed by atoms with van der Waals surface area (Å²) in [6.07, 6.45) is -0.604. The van der Waals surface area contributed by atoms with Crippen LogP contribution in [0.25, 0.3) is 0 Å². The Morgan fingerprint density at radius 3 is 2.40 bits per heavy atom. The predicted molar refractivity (Wildman–Crippen MR) is 64.4 cm³/mol. The summed E-state index contributed by atoms with van der Waals surface area (Å²) in [5.74, 6) is 0. The molecular formula is C11H17ClN2O. The predicted octanol–water partition coefficient (Wildman–Crippen LogP) is 1.79. The monoisotopic (exact) mass is 228 g/mol. The number of nitrogens with zero attached hydrogens (tertiary/aromatic N) is 1. The van der Waals surface area contributed by atoms with Gasteiger partial charge in [-0.2, -0.15) is 0 Å². The molecule has 0 fully saturated rings. The molecule has 0 saturated carbocycles. The molecule has 0 aliphatic carbocycles. The molecule has 0 radical (unpaired) electrons. The Balaban J connectivity index is 3.03. The Kier molecular flexibility index (Phi) is 3.97. The third kappa shape index (κ3) is 2.84. The number of anilines is 1. The lowest BCUT2D eigenvalue weighted by Crippen LogP contribution is -2.23. The minimum Gasteiger partial charge on any atom is -0.391 e. The molecule has 0 bridgehead atoms. The lowest BCUT2D eigenvalue weighted by Gasteiger charge is -2.19. The van der Waals surface area contributed by atoms with Gasteiger partial charge >= 0.3 is 0 Å². The van der Waals surface area contributed by atoms with Crippen LogP contribution in [0.2, 0.25) is 5.02 Å². The van der Waals surface area contributed by atoms with Crippen molar-refractivity contribution in [2.75, 3.05) is 19.0 Å². The maximum atomic E-state index is 9.38. The number of benzene rings is 1. The molecule has 0 saturated heterocycles. The zero-order valence-electron chi connectivity index (χ0n) is 9.24. The first kappa shape index (κ1) is 12.3. The highest BCUT2D eigenvalue weighted by Crippen LogP contribution is 2.27. The van der Waals surface area contributed by atoms with E-state index in [0.717, 1.165) is 11.3 Å². The van der Waals surface area contributed by atoms with Crippen molar-refractivity contribution in [2.45, 2.75) is 19.1 Å². The normalized spacial score (nSPS) is 14.8. The molecule has 0 aromatic heterocycles. The molecule has 0 unspecified atom stereocenters. The van der Waals surface area contributed by atoms with Crippen LogP contribution < -0.4 is 10.6 Å². The highest BCUT2D eigenvalue weighted by molar-refractivity contribution is 6.31. The Morgan fingerprint density at radius 2 is 2.00 bits per heavy atom. The van der Waals surface area contributed by atoms with Crippen LogP contribution in [0.5, 0.6) is 0 Å². The van der Waals surface area contributed by atoms with Gasteiger partial charge in [0.15, 0.2) is 0 Å². The fourth-order valence-electron chi connectivity index (χ4n) is 1.32. The van der Waals surface area contributed by atoms with E-state index in [-0.39, 0.29) is 0 Å². The van der Waals surface area contributed by atoms with E-state index in [1.54, 1.807) is 6.92 Å². The van der Waals surface area contributed by atoms with Crippen LogP contribution >= 0.6 is 11.6 Å². The van der Waals surface area contributed by atoms with Crippen molar-refractivity contribution in [3.8, 4) is 0 Å². The van der Waals surface area contributed by atoms with Crippen LogP contribution in [-0.4, -0.2) is 25.3 Å². The minimum atomic E-state index is -0.604. The third-order valence-corrected chi connectivity index (χ3v) is 2.71. The van der Waals surface area contributed by atoms with Crippen LogP contribution in [0.3, 0.4) is 0 Å². The second-order valence-corrected chi connectivity index (χ2v) is 4.27. The molecule has 1 rings (SSSR count). The van der Waals surface area contributed by atoms with E-state index >= 15 is 0 Å². The number of aliphatic hydroxyl groups excluding tert-OH is 1. The molecule has 0 aliphatic rings. The van der Waals surface area contributed by atoms with Crippen molar-refractivity contribution in [1.29, 1.82) is 0 Å². The number of aliphatic hydroxyl groups is 1. The van der Waals surface area contributed by atoms with Gasteiger partial charge in [0.2, 0.25) is 0 Å². The zero-order valence-corrected chi connectivity index (χ0v) is 9.99. The van der Waals surface area contributed by atoms with Crippen LogP contribution in [0, 0.1) is 0 Å². The van der Waals surface area contributed by atoms with E-state index in [1.165, 1.54) is 0 Å². The lowest BCUT2D eigenvalue weighted by atomic mass is 10.0. The molecule has 0 spiro atoms. The average Bonchev–Trinajstić information content (AvgIpc) is 2.16. The van der Waals surface area contributed by atoms with Crippen LogP contribution in [-0.2, 0) is 0 Å². The Morgan fingerprint density at radius 1 is 1.40 bits per heavy atom. The number of nitrogens with two attached hydrogens (primary N) is 1. The standard InChI is InChI=1S/C11H17ClN2O/c1-7(15)11(13)9-5-4-8(14(2)3)6-10(9)12/h4-7,11,15H,13H2,1-3H3/t7-,11-/m1/s1. The SMILES string of the molecule is C[C@@H](O)[C@@H](N)c1ccc(N(C)C)cc1Cl. The molecule has 4 heteroatoms. The van der Waals surface area contributed by atoms with Gasteiger partial charge in [0.25, 0.3) is 0 Å². The quantitative estimate of drug-likeness (QED) is 0.830. The van der Waals surface area contributed by atoms with Gasteiger partial charge in [0, 0.05) is 24.8 Å². The van der Waals surface area contributed by atoms with Gasteiger partial charge in [-0.25, -0.2) is 0 Å². The molecule has 1 aromatic rings. The Bertz CT molecular complexity index is 339. The summed E-state index contributed by atoms with van der Waals surface area (Å²) in [6, 6.07) is 5.20. The minimum absolute atomic E-state index is 0.436. The van der Waals surface area contributed by atoms with Crippen LogP contribution in [0.15, 0.2) is 18.2 Å². The van der Waals surface area contributed by atoms with Crippen molar-refractivity contribution in [2.24, 2.45) is 5.73 Å². The van der Waals surface area contributed by atoms with Gasteiger partial charge in [-0.1, -0.05) is 17.7 Å². The Labute approximate surface area is 95.5 Å². The summed E-state index contributed by atoms with van der Waals surface area (Å²) in [6.45, 7) is 1.65. The van der Waals surface area contributed by atoms with Gasteiger partial charge in [-0.05, 0) is 24.6 Å². The molecule has 2 atom stereocenters. The van der Waals surface area contributed by atoms with Crippen molar-refractivity contribution in [3.63, 3.8) is 0 Å². The zero-order chi connectivity index (χ0) is 11.6. The second kappa shape index (κ2) is 4.84. The molecule has 3 N–H and O–H groups in total. The first-order chi connectivity index (χ1) is 6.93. The Hall–Kier alpha value is -0.770. The second-order valence-electron chi connectivity index (χ2n) is 3.87. The summed E-state index contributed by atoms with van der Waals surface area (Å²) >= 11 is 6.09. The molecule has 3 nitrogen and oxygen atoms in total. The fraction of sp³-hybridized carbons (Fsp3) is 0.455. The average molecular weight is 229 g/mol. The van der Waals surface area contributed by atoms with Crippen LogP contribution in [0.4, 0.5) is 5.69 Å². The van der Waals surface area contributed by atoms with E-state index in [4.69, 9.17) is 17.3 Å². The van der Waals surface area contributed by atoms with Crippen molar-refractivity contribution >= 4 is 17.3 Å². The maximum Gasteiger partial charge on any atom is 0.0705 e. The van der Waals surface area contributed by atoms with Gasteiger partial charge in [0.05, 0.1) is 12.1 Å². The van der Waals surface area contributed by atoms with E-state index in [2.05, 4.69) is 0 Å². The summed E-state index contributed by atoms with van der Waals surface area (Å²) in [5, 5.41) is 9.98. The lowest BCUT2D eigenvalue weighted by molar-refractivity contribution is 0.164. The smallest absolute Gasteiger partial charge is 0.0705 e. The summed E-state index contributed by atoms with van der Waals surface area (Å²) in [7, 11) is 3.89. The highest BCUT2D eigenvalue weighted by atomic mass is 35.5. The first-order valence-electron chi connectivity index (χ1n) is 4.84. The summed E-state index contributed by atoms with van der Waals surface area (Å²) in [4.78, 5) is 1.96. The molecule has 1 aromatic carbocycles. The molecule has 15 heavy (non-hydrogen) atoms. The first-order valence-corrected chi connectivity index (χ1v) is 5.21. The molecule has 0 aliphatic heterocycles. The van der Waals surface area contributed by atoms with E-state index in [1.807, 2.05) is 37.2 Å². The van der Waals surface area contributed by atoms with E-state index in [0.29, 0.717) is 5.02 Å². The fourth-order valence-corrected chi connectivity index (χ4v) is 1.63. The number of hydrogen-bond acceptors (Lipinski definition) is 3. The number of halogens is 1. The molecular weight excluding hydrogens is 212 g/mol. The van der Waals surface area contributed by atoms with Crippen LogP contribution in [0.1, 0.15) is 18.5 Å². The topological polar surface area (TPSA) is 49.5 Å². The van der Waals surface area contributed by atoms with Gasteiger partial charge in [0.1, 0.15) is 0 Å². The van der Waals surface area contributed by atoms with E-state index < -0.39 is 12.1 Å². The van der Waals surface area contributed by atoms with Crippen molar-refractivity contribution in [1.82, 2.24) is 0 Å². The van der Waals surface area contributed by atoms with Gasteiger partial charge in [-0.15, -0.1) is 0 Å². The molecule has 84 valence electrons. The molecule has 0 amide bonds. The maximum absolute atomic E-state index is 9.38. The van der Waals surface area contributed by atoms with Crippen molar-refractivity contribution < 1.29 is 5.11 Å². The van der Waals surface area contributed by atoms with Gasteiger partial charge in [-0.3, -0.25) is 0 Å². The highest BCUT2D eigenvalue weighted by Gasteiger charge is 2.15. The molecule has 0 heterocycles. The van der Waals surface area contributed by atoms with Crippen molar-refractivity contribution in [3.05, 3.63) is 28.8 Å². The number of rotatable bonds is 3. The summed E-state index contributed by atoms with van der Waals surface area (Å²) < 4.78 is 0. The number of hydrogen-bond donors (Lipinski definition) is 2.